The number of aliphatic hydroxyl groups is 2. The quantitative estimate of drug-likeness (QED) is 0.651. The Hall–Kier alpha value is -0.860. The molecule has 0 aliphatic heterocycles. The lowest BCUT2D eigenvalue weighted by Gasteiger charge is -2.53. The largest absolute Gasteiger partial charge is 0.390 e. The lowest BCUT2D eigenvalue weighted by molar-refractivity contribution is -0.140. The van der Waals surface area contributed by atoms with Crippen LogP contribution in [-0.2, 0) is 5.60 Å². The Balaban J connectivity index is 2.13. The SMILES string of the molecule is O[C@H]1CCCC2c3ccccc3[C@]21O. The van der Waals surface area contributed by atoms with E-state index in [0.29, 0.717) is 0 Å². The zero-order chi connectivity index (χ0) is 9.76. The molecule has 2 heteroatoms. The highest BCUT2D eigenvalue weighted by molar-refractivity contribution is 5.49. The highest BCUT2D eigenvalue weighted by Gasteiger charge is 2.56. The number of fused-ring (bicyclic) bond motifs is 4. The Bertz CT molecular complexity index is 374. The van der Waals surface area contributed by atoms with Crippen molar-refractivity contribution in [2.75, 3.05) is 0 Å². The van der Waals surface area contributed by atoms with Gasteiger partial charge in [0.05, 0.1) is 6.10 Å². The molecular weight excluding hydrogens is 176 g/mol. The molecule has 2 aliphatic carbocycles. The van der Waals surface area contributed by atoms with Gasteiger partial charge >= 0.3 is 0 Å². The van der Waals surface area contributed by atoms with Crippen LogP contribution in [0, 0.1) is 0 Å². The Morgan fingerprint density at radius 2 is 2.00 bits per heavy atom. The van der Waals surface area contributed by atoms with Crippen molar-refractivity contribution in [2.24, 2.45) is 0 Å². The van der Waals surface area contributed by atoms with E-state index < -0.39 is 11.7 Å². The van der Waals surface area contributed by atoms with Crippen LogP contribution in [-0.4, -0.2) is 16.3 Å². The molecule has 2 nitrogen and oxygen atoms in total. The molecular formula is C12H14O2. The molecule has 3 rings (SSSR count). The molecule has 0 aromatic heterocycles. The minimum absolute atomic E-state index is 0.169. The summed E-state index contributed by atoms with van der Waals surface area (Å²) in [6.45, 7) is 0. The van der Waals surface area contributed by atoms with Gasteiger partial charge in [0.25, 0.3) is 0 Å². The second-order valence-electron chi connectivity index (χ2n) is 4.41. The third-order valence-corrected chi connectivity index (χ3v) is 3.78. The van der Waals surface area contributed by atoms with Crippen molar-refractivity contribution < 1.29 is 10.2 Å². The van der Waals surface area contributed by atoms with E-state index >= 15 is 0 Å². The average molecular weight is 190 g/mol. The van der Waals surface area contributed by atoms with Gasteiger partial charge in [0.15, 0.2) is 0 Å². The van der Waals surface area contributed by atoms with Crippen molar-refractivity contribution in [3.8, 4) is 0 Å². The van der Waals surface area contributed by atoms with Crippen LogP contribution in [0.2, 0.25) is 0 Å². The minimum atomic E-state index is -0.936. The van der Waals surface area contributed by atoms with Gasteiger partial charge in [-0.05, 0) is 24.0 Å². The lowest BCUT2D eigenvalue weighted by atomic mass is 9.57. The van der Waals surface area contributed by atoms with E-state index in [0.717, 1.165) is 24.8 Å². The zero-order valence-corrected chi connectivity index (χ0v) is 7.98. The van der Waals surface area contributed by atoms with Gasteiger partial charge in [-0.2, -0.15) is 0 Å². The van der Waals surface area contributed by atoms with Gasteiger partial charge < -0.3 is 10.2 Å². The highest BCUT2D eigenvalue weighted by Crippen LogP contribution is 2.57. The maximum Gasteiger partial charge on any atom is 0.122 e. The predicted octanol–water partition coefficient (Wildman–Crippen LogP) is 1.52. The van der Waals surface area contributed by atoms with Crippen LogP contribution >= 0.6 is 0 Å². The summed E-state index contributed by atoms with van der Waals surface area (Å²) in [5.41, 5.74) is 1.24. The molecule has 1 unspecified atom stereocenters. The normalized spacial score (nSPS) is 39.6. The number of hydrogen-bond donors (Lipinski definition) is 2. The molecule has 1 fully saturated rings. The predicted molar refractivity (Wildman–Crippen MR) is 52.9 cm³/mol. The first-order chi connectivity index (χ1) is 6.74. The lowest BCUT2D eigenvalue weighted by Crippen LogP contribution is -2.54. The first-order valence-corrected chi connectivity index (χ1v) is 5.24. The summed E-state index contributed by atoms with van der Waals surface area (Å²) in [5, 5.41) is 20.3. The van der Waals surface area contributed by atoms with Gasteiger partial charge in [0.1, 0.15) is 5.60 Å². The molecule has 2 N–H and O–H groups in total. The molecule has 0 spiro atoms. The molecule has 3 atom stereocenters. The molecule has 0 radical (unpaired) electrons. The van der Waals surface area contributed by atoms with Crippen molar-refractivity contribution in [1.82, 2.24) is 0 Å². The van der Waals surface area contributed by atoms with E-state index in [9.17, 15) is 10.2 Å². The van der Waals surface area contributed by atoms with Crippen LogP contribution in [0.3, 0.4) is 0 Å². The Morgan fingerprint density at radius 1 is 1.21 bits per heavy atom. The summed E-state index contributed by atoms with van der Waals surface area (Å²) >= 11 is 0. The summed E-state index contributed by atoms with van der Waals surface area (Å²) in [6, 6.07) is 7.92. The Labute approximate surface area is 83.2 Å². The zero-order valence-electron chi connectivity index (χ0n) is 7.98. The third kappa shape index (κ3) is 0.787. The minimum Gasteiger partial charge on any atom is -0.390 e. The smallest absolute Gasteiger partial charge is 0.122 e. The number of benzene rings is 1. The number of aliphatic hydroxyl groups excluding tert-OH is 1. The third-order valence-electron chi connectivity index (χ3n) is 3.78. The number of hydrogen-bond acceptors (Lipinski definition) is 2. The van der Waals surface area contributed by atoms with E-state index in [1.54, 1.807) is 0 Å². The van der Waals surface area contributed by atoms with Gasteiger partial charge in [0.2, 0.25) is 0 Å². The van der Waals surface area contributed by atoms with Crippen LogP contribution in [0.1, 0.15) is 36.3 Å². The van der Waals surface area contributed by atoms with Crippen molar-refractivity contribution in [1.29, 1.82) is 0 Å². The van der Waals surface area contributed by atoms with Gasteiger partial charge in [-0.25, -0.2) is 0 Å². The van der Waals surface area contributed by atoms with Crippen LogP contribution in [0.4, 0.5) is 0 Å². The van der Waals surface area contributed by atoms with Crippen LogP contribution in [0.15, 0.2) is 24.3 Å². The van der Waals surface area contributed by atoms with E-state index in [1.165, 1.54) is 5.56 Å². The fraction of sp³-hybridized carbons (Fsp3) is 0.500. The molecule has 74 valence electrons. The fourth-order valence-corrected chi connectivity index (χ4v) is 3.04. The first kappa shape index (κ1) is 8.45. The van der Waals surface area contributed by atoms with Gasteiger partial charge in [-0.3, -0.25) is 0 Å². The van der Waals surface area contributed by atoms with E-state index in [-0.39, 0.29) is 5.92 Å². The van der Waals surface area contributed by atoms with Crippen LogP contribution in [0.25, 0.3) is 0 Å². The summed E-state index contributed by atoms with van der Waals surface area (Å²) in [4.78, 5) is 0. The maximum absolute atomic E-state index is 10.4. The Morgan fingerprint density at radius 3 is 2.86 bits per heavy atom. The fourth-order valence-electron chi connectivity index (χ4n) is 3.04. The van der Waals surface area contributed by atoms with E-state index in [1.807, 2.05) is 18.2 Å². The molecule has 1 aromatic rings. The van der Waals surface area contributed by atoms with Crippen molar-refractivity contribution in [3.05, 3.63) is 35.4 Å². The molecule has 14 heavy (non-hydrogen) atoms. The topological polar surface area (TPSA) is 40.5 Å². The molecule has 1 saturated carbocycles. The standard InChI is InChI=1S/C12H14O2/c13-11-7-3-6-10-8-4-1-2-5-9(8)12(10,11)14/h1-2,4-5,10-11,13-14H,3,6-7H2/t10?,11-,12-/m0/s1. The Kier molecular flexibility index (Phi) is 1.56. The average Bonchev–Trinajstić information content (AvgIpc) is 2.21. The van der Waals surface area contributed by atoms with Crippen LogP contribution < -0.4 is 0 Å². The van der Waals surface area contributed by atoms with Crippen molar-refractivity contribution in [2.45, 2.75) is 36.9 Å². The monoisotopic (exact) mass is 190 g/mol. The van der Waals surface area contributed by atoms with E-state index in [2.05, 4.69) is 6.07 Å². The second-order valence-corrected chi connectivity index (χ2v) is 4.41. The highest BCUT2D eigenvalue weighted by atomic mass is 16.3. The number of rotatable bonds is 0. The van der Waals surface area contributed by atoms with Gasteiger partial charge in [-0.15, -0.1) is 0 Å². The summed E-state index contributed by atoms with van der Waals surface area (Å²) in [5.74, 6) is 0.169. The molecule has 0 bridgehead atoms. The molecule has 0 heterocycles. The molecule has 0 saturated heterocycles. The van der Waals surface area contributed by atoms with Gasteiger partial charge in [0, 0.05) is 5.92 Å². The summed E-state index contributed by atoms with van der Waals surface area (Å²) in [6.07, 6.45) is 2.17. The van der Waals surface area contributed by atoms with Crippen LogP contribution in [0.5, 0.6) is 0 Å². The van der Waals surface area contributed by atoms with E-state index in [4.69, 9.17) is 0 Å². The summed E-state index contributed by atoms with van der Waals surface area (Å²) < 4.78 is 0. The molecule has 1 aromatic carbocycles. The van der Waals surface area contributed by atoms with Gasteiger partial charge in [-0.1, -0.05) is 30.7 Å². The first-order valence-electron chi connectivity index (χ1n) is 5.24. The van der Waals surface area contributed by atoms with Crippen molar-refractivity contribution in [3.63, 3.8) is 0 Å². The maximum atomic E-state index is 10.4. The second kappa shape index (κ2) is 2.59. The summed E-state index contributed by atoms with van der Waals surface area (Å²) in [7, 11) is 0. The van der Waals surface area contributed by atoms with Crippen molar-refractivity contribution >= 4 is 0 Å². The molecule has 0 amide bonds. The molecule has 2 aliphatic rings.